The minimum absolute atomic E-state index is 0.108. The summed E-state index contributed by atoms with van der Waals surface area (Å²) < 4.78 is 12.2. The maximum Gasteiger partial charge on any atom is 0.283 e. The standard InChI is InChI=1S/C7H3Cl5N3O2P3/c8-6-4(3-16)1-2-5(7(6)9)17-20-13-18-14(10)19(12)15(20)11/h1-3H. The number of nitrogens with zero attached hydrogens (tertiary/aromatic N) is 3. The monoisotopic (exact) mass is 429 g/mol. The highest BCUT2D eigenvalue weighted by atomic mass is 35.7. The van der Waals surface area contributed by atoms with E-state index in [4.69, 9.17) is 62.5 Å². The molecule has 0 saturated heterocycles. The van der Waals surface area contributed by atoms with E-state index in [1.54, 1.807) is 0 Å². The van der Waals surface area contributed by atoms with Gasteiger partial charge in [0, 0.05) is 29.1 Å². The van der Waals surface area contributed by atoms with Crippen LogP contribution in [0.5, 0.6) is 5.75 Å². The highest BCUT2D eigenvalue weighted by molar-refractivity contribution is 7.79. The number of hydrogen-bond acceptors (Lipinski definition) is 3. The van der Waals surface area contributed by atoms with Gasteiger partial charge in [-0.3, -0.25) is 4.79 Å². The van der Waals surface area contributed by atoms with E-state index in [9.17, 15) is 4.79 Å². The van der Waals surface area contributed by atoms with Crippen molar-refractivity contribution in [3.8, 4) is 5.75 Å². The van der Waals surface area contributed by atoms with E-state index in [0.29, 0.717) is 14.8 Å². The van der Waals surface area contributed by atoms with Gasteiger partial charge in [-0.05, 0) is 23.4 Å². The third kappa shape index (κ3) is 3.43. The summed E-state index contributed by atoms with van der Waals surface area (Å²) in [5.41, 5.74) is 0.268. The number of aromatic nitrogens is 3. The van der Waals surface area contributed by atoms with Gasteiger partial charge >= 0.3 is 0 Å². The van der Waals surface area contributed by atoms with E-state index in [2.05, 4.69) is 4.51 Å². The van der Waals surface area contributed by atoms with Crippen LogP contribution in [0.1, 0.15) is 10.4 Å². The topological polar surface area (TPSA) is 49.0 Å². The second-order valence-corrected chi connectivity index (χ2v) is 10.7. The first-order chi connectivity index (χ1) is 9.45. The number of benzene rings is 1. The average molecular weight is 431 g/mol. The number of hydrogen-bond donors (Lipinski definition) is 0. The van der Waals surface area contributed by atoms with Crippen LogP contribution in [0.15, 0.2) is 12.1 Å². The lowest BCUT2D eigenvalue weighted by atomic mass is 10.2. The summed E-state index contributed by atoms with van der Waals surface area (Å²) in [4.78, 5) is 10.7. The number of carbonyl (C=O) groups is 1. The molecule has 0 radical (unpaired) electrons. The summed E-state index contributed by atoms with van der Waals surface area (Å²) in [5.74, 6) is 0.265. The van der Waals surface area contributed by atoms with Crippen LogP contribution < -0.4 is 4.52 Å². The van der Waals surface area contributed by atoms with Crippen molar-refractivity contribution in [2.24, 2.45) is 0 Å². The second-order valence-electron chi connectivity index (χ2n) is 3.14. The summed E-state index contributed by atoms with van der Waals surface area (Å²) in [6.07, 6.45) is 0.601. The number of rotatable bonds is 3. The van der Waals surface area contributed by atoms with Gasteiger partial charge in [0.25, 0.3) is 8.08 Å². The van der Waals surface area contributed by atoms with Gasteiger partial charge in [0.1, 0.15) is 5.02 Å². The lowest BCUT2D eigenvalue weighted by Gasteiger charge is -2.12. The molecule has 2 atom stereocenters. The Morgan fingerprint density at radius 1 is 1.30 bits per heavy atom. The third-order valence-corrected chi connectivity index (χ3v) is 10.3. The lowest BCUT2D eigenvalue weighted by molar-refractivity contribution is 0.112. The Balaban J connectivity index is 2.43. The quantitative estimate of drug-likeness (QED) is 0.534. The third-order valence-electron chi connectivity index (χ3n) is 1.99. The van der Waals surface area contributed by atoms with Crippen LogP contribution in [0, 0.1) is 0 Å². The van der Waals surface area contributed by atoms with Gasteiger partial charge in [-0.15, -0.1) is 4.51 Å². The Kier molecular flexibility index (Phi) is 5.99. The Hall–Kier alpha value is 0.440. The molecule has 5 nitrogen and oxygen atoms in total. The highest BCUT2D eigenvalue weighted by Crippen LogP contribution is 2.46. The molecule has 13 heteroatoms. The SMILES string of the molecule is O=Cc1ccc(Op2npn(Cl)p(Cl)n2Cl)c(Cl)c1Cl. The molecule has 0 saturated carbocycles. The molecule has 0 amide bonds. The van der Waals surface area contributed by atoms with Crippen molar-refractivity contribution in [2.45, 2.75) is 0 Å². The Morgan fingerprint density at radius 3 is 2.65 bits per heavy atom. The van der Waals surface area contributed by atoms with Crippen LogP contribution >= 0.6 is 81.8 Å². The molecule has 108 valence electrons. The fourth-order valence-electron chi connectivity index (χ4n) is 1.11. The molecule has 2 aromatic rings. The first kappa shape index (κ1) is 16.8. The second kappa shape index (κ2) is 7.13. The number of aldehydes is 1. The average Bonchev–Trinajstić information content (AvgIpc) is 2.44. The van der Waals surface area contributed by atoms with Crippen LogP contribution in [-0.2, 0) is 0 Å². The van der Waals surface area contributed by atoms with Gasteiger partial charge in [-0.1, -0.05) is 23.2 Å². The van der Waals surface area contributed by atoms with Crippen LogP contribution in [-0.4, -0.2) is 18.0 Å². The normalized spacial score (nSPS) is 12.7. The molecule has 0 fully saturated rings. The number of halogens is 5. The van der Waals surface area contributed by atoms with Crippen LogP contribution in [0.3, 0.4) is 0 Å². The highest BCUT2D eigenvalue weighted by Gasteiger charge is 2.15. The molecular formula is C7H3Cl5N3O2P3. The van der Waals surface area contributed by atoms with Crippen molar-refractivity contribution >= 4 is 88.1 Å². The Bertz CT molecular complexity index is 704. The zero-order valence-electron chi connectivity index (χ0n) is 9.12. The first-order valence-corrected chi connectivity index (χ1v) is 10.2. The summed E-state index contributed by atoms with van der Waals surface area (Å²) in [5, 5.41) is 0.222. The van der Waals surface area contributed by atoms with Crippen LogP contribution in [0.2, 0.25) is 10.0 Å². The zero-order chi connectivity index (χ0) is 14.9. The molecule has 0 aliphatic rings. The maximum absolute atomic E-state index is 10.7. The van der Waals surface area contributed by atoms with Gasteiger partial charge < -0.3 is 4.52 Å². The largest absolute Gasteiger partial charge is 0.414 e. The van der Waals surface area contributed by atoms with E-state index < -0.39 is 15.3 Å². The lowest BCUT2D eigenvalue weighted by Crippen LogP contribution is -1.92. The van der Waals surface area contributed by atoms with Gasteiger partial charge in [0.15, 0.2) is 27.7 Å². The van der Waals surface area contributed by atoms with E-state index in [0.717, 1.165) is 0 Å². The van der Waals surface area contributed by atoms with Crippen molar-refractivity contribution in [2.75, 3.05) is 0 Å². The molecule has 1 aromatic heterocycles. The minimum atomic E-state index is -1.57. The first-order valence-electron chi connectivity index (χ1n) is 4.66. The van der Waals surface area contributed by atoms with E-state index in [1.165, 1.54) is 19.4 Å². The molecule has 1 aromatic carbocycles. The van der Waals surface area contributed by atoms with Gasteiger partial charge in [-0.25, -0.2) is 0 Å². The maximum atomic E-state index is 10.7. The minimum Gasteiger partial charge on any atom is -0.414 e. The predicted molar refractivity (Wildman–Crippen MR) is 87.4 cm³/mol. The molecular weight excluding hydrogens is 428 g/mol. The van der Waals surface area contributed by atoms with Crippen molar-refractivity contribution in [1.82, 2.24) is 11.7 Å². The molecule has 0 spiro atoms. The van der Waals surface area contributed by atoms with E-state index in [-0.39, 0.29) is 21.4 Å². The molecule has 2 rings (SSSR count). The molecule has 20 heavy (non-hydrogen) atoms. The van der Waals surface area contributed by atoms with Gasteiger partial charge in [0.2, 0.25) is 0 Å². The fraction of sp³-hybridized carbons (Fsp3) is 0. The summed E-state index contributed by atoms with van der Waals surface area (Å²) in [7, 11) is -2.57. The van der Waals surface area contributed by atoms with Crippen molar-refractivity contribution in [1.29, 1.82) is 0 Å². The molecule has 0 aliphatic heterocycles. The molecule has 0 aliphatic carbocycles. The van der Waals surface area contributed by atoms with Gasteiger partial charge in [0.05, 0.1) is 5.02 Å². The van der Waals surface area contributed by atoms with Crippen molar-refractivity contribution in [3.63, 3.8) is 0 Å². The van der Waals surface area contributed by atoms with Crippen molar-refractivity contribution < 1.29 is 9.32 Å². The molecule has 1 heterocycles. The van der Waals surface area contributed by atoms with Gasteiger partial charge in [-0.2, -0.15) is 7.22 Å². The predicted octanol–water partition coefficient (Wildman–Crippen LogP) is 6.33. The van der Waals surface area contributed by atoms with Crippen LogP contribution in [0.25, 0.3) is 0 Å². The van der Waals surface area contributed by atoms with E-state index >= 15 is 0 Å². The summed E-state index contributed by atoms with van der Waals surface area (Å²) >= 11 is 29.8. The summed E-state index contributed by atoms with van der Waals surface area (Å²) in [6, 6.07) is 3.00. The molecule has 2 unspecified atom stereocenters. The van der Waals surface area contributed by atoms with E-state index in [1.807, 2.05) is 0 Å². The number of carbonyl (C=O) groups excluding carboxylic acids is 1. The molecule has 0 bridgehead atoms. The smallest absolute Gasteiger partial charge is 0.283 e. The van der Waals surface area contributed by atoms with Crippen molar-refractivity contribution in [3.05, 3.63) is 27.7 Å². The Labute approximate surface area is 142 Å². The fourth-order valence-corrected chi connectivity index (χ4v) is 7.45. The summed E-state index contributed by atoms with van der Waals surface area (Å²) in [6.45, 7) is 0. The zero-order valence-corrected chi connectivity index (χ0v) is 15.6. The molecule has 0 N–H and O–H groups in total. The Morgan fingerprint density at radius 2 is 2.00 bits per heavy atom. The van der Waals surface area contributed by atoms with Crippen LogP contribution in [0.4, 0.5) is 0 Å².